The van der Waals surface area contributed by atoms with Crippen LogP contribution < -0.4 is 10.6 Å². The van der Waals surface area contributed by atoms with Gasteiger partial charge in [-0.25, -0.2) is 0 Å². The molecule has 2 N–H and O–H groups in total. The van der Waals surface area contributed by atoms with Gasteiger partial charge in [0.05, 0.1) is 17.7 Å². The Bertz CT molecular complexity index is 577. The first kappa shape index (κ1) is 16.3. The molecule has 5 nitrogen and oxygen atoms in total. The monoisotopic (exact) mass is 330 g/mol. The van der Waals surface area contributed by atoms with Crippen molar-refractivity contribution in [2.24, 2.45) is 0 Å². The van der Waals surface area contributed by atoms with Crippen molar-refractivity contribution < 1.29 is 4.79 Å². The van der Waals surface area contributed by atoms with Crippen LogP contribution in [0, 0.1) is 11.3 Å². The van der Waals surface area contributed by atoms with E-state index in [0.29, 0.717) is 11.6 Å². The molecule has 122 valence electrons. The first-order valence-corrected chi connectivity index (χ1v) is 9.24. The Morgan fingerprint density at radius 1 is 1.35 bits per heavy atom. The van der Waals surface area contributed by atoms with Gasteiger partial charge < -0.3 is 15.5 Å². The number of thioether (sulfide) groups is 1. The third-order valence-electron chi connectivity index (χ3n) is 4.43. The molecule has 1 aromatic rings. The Labute approximate surface area is 141 Å². The van der Waals surface area contributed by atoms with E-state index in [9.17, 15) is 4.79 Å². The molecule has 23 heavy (non-hydrogen) atoms. The largest absolute Gasteiger partial charge is 0.340 e. The van der Waals surface area contributed by atoms with Crippen LogP contribution >= 0.6 is 11.8 Å². The van der Waals surface area contributed by atoms with Crippen LogP contribution in [0.25, 0.3) is 0 Å². The fourth-order valence-corrected chi connectivity index (χ4v) is 3.95. The van der Waals surface area contributed by atoms with Crippen molar-refractivity contribution in [1.82, 2.24) is 15.5 Å². The molecule has 2 aliphatic rings. The van der Waals surface area contributed by atoms with Gasteiger partial charge in [-0.05, 0) is 24.1 Å². The van der Waals surface area contributed by atoms with Gasteiger partial charge in [0.1, 0.15) is 0 Å². The van der Waals surface area contributed by atoms with Gasteiger partial charge in [0.15, 0.2) is 0 Å². The molecule has 0 saturated carbocycles. The highest BCUT2D eigenvalue weighted by Crippen LogP contribution is 2.15. The fraction of sp³-hybridized carbons (Fsp3) is 0.529. The van der Waals surface area contributed by atoms with E-state index in [1.807, 2.05) is 40.9 Å². The maximum Gasteiger partial charge on any atom is 0.239 e. The second-order valence-electron chi connectivity index (χ2n) is 6.02. The van der Waals surface area contributed by atoms with Gasteiger partial charge in [0.2, 0.25) is 5.91 Å². The van der Waals surface area contributed by atoms with Crippen LogP contribution in [0.15, 0.2) is 24.3 Å². The first-order valence-electron chi connectivity index (χ1n) is 8.08. The van der Waals surface area contributed by atoms with Gasteiger partial charge in [-0.1, -0.05) is 12.1 Å². The molecule has 0 spiro atoms. The predicted molar refractivity (Wildman–Crippen MR) is 92.1 cm³/mol. The summed E-state index contributed by atoms with van der Waals surface area (Å²) in [5, 5.41) is 15.7. The molecule has 2 aliphatic heterocycles. The van der Waals surface area contributed by atoms with E-state index < -0.39 is 0 Å². The minimum absolute atomic E-state index is 0.0448. The molecule has 0 unspecified atom stereocenters. The number of nitrogens with one attached hydrogen (secondary N) is 2. The Morgan fingerprint density at radius 2 is 2.09 bits per heavy atom. The van der Waals surface area contributed by atoms with E-state index in [2.05, 4.69) is 16.7 Å². The van der Waals surface area contributed by atoms with E-state index in [0.717, 1.165) is 49.7 Å². The molecule has 2 fully saturated rings. The summed E-state index contributed by atoms with van der Waals surface area (Å²) in [6, 6.07) is 10.0. The Morgan fingerprint density at radius 3 is 2.78 bits per heavy atom. The molecule has 1 aromatic carbocycles. The number of carbonyl (C=O) groups is 1. The highest BCUT2D eigenvalue weighted by molar-refractivity contribution is 7.99. The lowest BCUT2D eigenvalue weighted by molar-refractivity contribution is -0.132. The van der Waals surface area contributed by atoms with Gasteiger partial charge in [-0.15, -0.1) is 0 Å². The van der Waals surface area contributed by atoms with Gasteiger partial charge in [-0.3, -0.25) is 4.79 Å². The quantitative estimate of drug-likeness (QED) is 0.860. The molecule has 2 atom stereocenters. The van der Waals surface area contributed by atoms with Crippen LogP contribution in [0.2, 0.25) is 0 Å². The number of nitriles is 1. The SMILES string of the molecule is N#Cc1ccc(CN[C@@H]2CN[C@H](C(=O)N3CCSCC3)C2)cc1. The van der Waals surface area contributed by atoms with Crippen LogP contribution in [0.4, 0.5) is 0 Å². The van der Waals surface area contributed by atoms with Crippen LogP contribution in [-0.2, 0) is 11.3 Å². The van der Waals surface area contributed by atoms with Gasteiger partial charge in [0, 0.05) is 43.7 Å². The molecular formula is C17H22N4OS. The standard InChI is InChI=1S/C17H22N4OS/c18-10-13-1-3-14(4-2-13)11-19-15-9-16(20-12-15)17(22)21-5-7-23-8-6-21/h1-4,15-16,19-20H,5-9,11-12H2/t15-,16-/m0/s1. The smallest absolute Gasteiger partial charge is 0.239 e. The van der Waals surface area contributed by atoms with Crippen LogP contribution in [0.5, 0.6) is 0 Å². The number of nitrogens with zero attached hydrogens (tertiary/aromatic N) is 2. The number of carbonyl (C=O) groups excluding carboxylic acids is 1. The maximum atomic E-state index is 12.5. The van der Waals surface area contributed by atoms with E-state index >= 15 is 0 Å². The first-order chi connectivity index (χ1) is 11.3. The molecular weight excluding hydrogens is 308 g/mol. The number of benzene rings is 1. The topological polar surface area (TPSA) is 68.2 Å². The van der Waals surface area contributed by atoms with E-state index in [1.165, 1.54) is 0 Å². The molecule has 0 aliphatic carbocycles. The normalized spacial score (nSPS) is 24.4. The summed E-state index contributed by atoms with van der Waals surface area (Å²) in [4.78, 5) is 14.5. The van der Waals surface area contributed by atoms with Crippen LogP contribution in [0.3, 0.4) is 0 Å². The molecule has 0 aromatic heterocycles. The molecule has 2 heterocycles. The van der Waals surface area contributed by atoms with Gasteiger partial charge >= 0.3 is 0 Å². The van der Waals surface area contributed by atoms with E-state index in [4.69, 9.17) is 5.26 Å². The molecule has 1 amide bonds. The average Bonchev–Trinajstić information content (AvgIpc) is 3.09. The Kier molecular flexibility index (Phi) is 5.55. The Hall–Kier alpha value is -1.55. The molecule has 0 bridgehead atoms. The third-order valence-corrected chi connectivity index (χ3v) is 5.37. The van der Waals surface area contributed by atoms with Crippen molar-refractivity contribution in [2.45, 2.75) is 25.0 Å². The minimum Gasteiger partial charge on any atom is -0.340 e. The second-order valence-corrected chi connectivity index (χ2v) is 7.25. The molecule has 2 saturated heterocycles. The van der Waals surface area contributed by atoms with E-state index in [1.54, 1.807) is 0 Å². The summed E-state index contributed by atoms with van der Waals surface area (Å²) in [6.07, 6.45) is 0.846. The van der Waals surface area contributed by atoms with Gasteiger partial charge in [-0.2, -0.15) is 17.0 Å². The van der Waals surface area contributed by atoms with E-state index in [-0.39, 0.29) is 11.9 Å². The van der Waals surface area contributed by atoms with Crippen molar-refractivity contribution in [2.75, 3.05) is 31.1 Å². The summed E-state index contributed by atoms with van der Waals surface area (Å²) in [5.74, 6) is 2.37. The zero-order chi connectivity index (χ0) is 16.1. The maximum absolute atomic E-state index is 12.5. The highest BCUT2D eigenvalue weighted by atomic mass is 32.2. The Balaban J connectivity index is 1.45. The third kappa shape index (κ3) is 4.25. The summed E-state index contributed by atoms with van der Waals surface area (Å²) >= 11 is 1.92. The average molecular weight is 330 g/mol. The lowest BCUT2D eigenvalue weighted by Crippen LogP contribution is -2.46. The predicted octanol–water partition coefficient (Wildman–Crippen LogP) is 0.954. The zero-order valence-electron chi connectivity index (χ0n) is 13.1. The highest BCUT2D eigenvalue weighted by Gasteiger charge is 2.32. The van der Waals surface area contributed by atoms with Crippen LogP contribution in [-0.4, -0.2) is 54.0 Å². The summed E-state index contributed by atoms with van der Waals surface area (Å²) < 4.78 is 0. The number of rotatable bonds is 4. The zero-order valence-corrected chi connectivity index (χ0v) is 13.9. The minimum atomic E-state index is -0.0448. The summed E-state index contributed by atoms with van der Waals surface area (Å²) in [5.41, 5.74) is 1.84. The fourth-order valence-electron chi connectivity index (χ4n) is 3.04. The summed E-state index contributed by atoms with van der Waals surface area (Å²) in [6.45, 7) is 3.35. The molecule has 0 radical (unpaired) electrons. The van der Waals surface area contributed by atoms with Crippen molar-refractivity contribution >= 4 is 17.7 Å². The number of hydrogen-bond acceptors (Lipinski definition) is 5. The lowest BCUT2D eigenvalue weighted by atomic mass is 10.1. The van der Waals surface area contributed by atoms with Gasteiger partial charge in [0.25, 0.3) is 0 Å². The lowest BCUT2D eigenvalue weighted by Gasteiger charge is -2.28. The second kappa shape index (κ2) is 7.82. The van der Waals surface area contributed by atoms with Crippen molar-refractivity contribution in [1.29, 1.82) is 5.26 Å². The number of amides is 1. The van der Waals surface area contributed by atoms with Crippen molar-refractivity contribution in [3.8, 4) is 6.07 Å². The number of hydrogen-bond donors (Lipinski definition) is 2. The molecule has 3 rings (SSSR count). The van der Waals surface area contributed by atoms with Crippen LogP contribution in [0.1, 0.15) is 17.5 Å². The van der Waals surface area contributed by atoms with Crippen molar-refractivity contribution in [3.63, 3.8) is 0 Å². The van der Waals surface area contributed by atoms with Crippen molar-refractivity contribution in [3.05, 3.63) is 35.4 Å². The molecule has 6 heteroatoms. The summed E-state index contributed by atoms with van der Waals surface area (Å²) in [7, 11) is 0.